The second-order valence-corrected chi connectivity index (χ2v) is 3.54. The van der Waals surface area contributed by atoms with Crippen LogP contribution in [0.2, 0.25) is 0 Å². The standard InChI is InChI=1S/C10H13NO2/c1-2-13-10(11-7-12)8-5-3-4-6-9(8)10/h3-4,8-9H,2,5-6H2,1H3/t8-,9+,10?. The Morgan fingerprint density at radius 2 is 2.15 bits per heavy atom. The first-order valence-electron chi connectivity index (χ1n) is 4.73. The highest BCUT2D eigenvalue weighted by Gasteiger charge is 2.66. The summed E-state index contributed by atoms with van der Waals surface area (Å²) < 4.78 is 5.56. The van der Waals surface area contributed by atoms with E-state index < -0.39 is 5.72 Å². The normalized spacial score (nSPS) is 40.7. The summed E-state index contributed by atoms with van der Waals surface area (Å²) in [6, 6.07) is 0. The minimum absolute atomic E-state index is 0.416. The lowest BCUT2D eigenvalue weighted by Crippen LogP contribution is -2.15. The molecule has 70 valence electrons. The molecule has 1 fully saturated rings. The fraction of sp³-hybridized carbons (Fsp3) is 0.700. The number of hydrogen-bond donors (Lipinski definition) is 0. The quantitative estimate of drug-likeness (QED) is 0.375. The van der Waals surface area contributed by atoms with Crippen molar-refractivity contribution in [3.05, 3.63) is 12.2 Å². The van der Waals surface area contributed by atoms with Crippen molar-refractivity contribution in [3.63, 3.8) is 0 Å². The molecule has 0 heterocycles. The molecular formula is C10H13NO2. The van der Waals surface area contributed by atoms with Gasteiger partial charge in [-0.15, -0.1) is 0 Å². The lowest BCUT2D eigenvalue weighted by molar-refractivity contribution is 0.0271. The van der Waals surface area contributed by atoms with E-state index in [0.29, 0.717) is 18.4 Å². The fourth-order valence-electron chi connectivity index (χ4n) is 2.36. The summed E-state index contributed by atoms with van der Waals surface area (Å²) in [6.07, 6.45) is 7.88. The molecular weight excluding hydrogens is 166 g/mol. The lowest BCUT2D eigenvalue weighted by Gasteiger charge is -2.09. The molecule has 0 aromatic carbocycles. The molecule has 0 amide bonds. The average Bonchev–Trinajstić information content (AvgIpc) is 2.77. The molecule has 0 radical (unpaired) electrons. The lowest BCUT2D eigenvalue weighted by atomic mass is 10.1. The molecule has 3 atom stereocenters. The molecule has 0 aromatic rings. The van der Waals surface area contributed by atoms with E-state index in [1.165, 1.54) is 0 Å². The fourth-order valence-corrected chi connectivity index (χ4v) is 2.36. The predicted octanol–water partition coefficient (Wildman–Crippen LogP) is 1.65. The molecule has 1 saturated carbocycles. The number of nitrogens with zero attached hydrogens (tertiary/aromatic N) is 1. The van der Waals surface area contributed by atoms with Crippen LogP contribution in [0.5, 0.6) is 0 Å². The molecule has 3 nitrogen and oxygen atoms in total. The SMILES string of the molecule is CCOC1(N=C=O)[C@@H]2CC=CC[C@@H]21. The van der Waals surface area contributed by atoms with Crippen molar-refractivity contribution in [2.75, 3.05) is 6.61 Å². The molecule has 0 aromatic heterocycles. The highest BCUT2D eigenvalue weighted by molar-refractivity contribution is 5.38. The third-order valence-corrected chi connectivity index (χ3v) is 2.98. The van der Waals surface area contributed by atoms with Crippen LogP contribution in [0.1, 0.15) is 19.8 Å². The van der Waals surface area contributed by atoms with Gasteiger partial charge in [0.2, 0.25) is 6.08 Å². The highest BCUT2D eigenvalue weighted by atomic mass is 16.5. The van der Waals surface area contributed by atoms with Crippen molar-refractivity contribution < 1.29 is 9.53 Å². The Kier molecular flexibility index (Phi) is 2.06. The van der Waals surface area contributed by atoms with Crippen LogP contribution in [0.25, 0.3) is 0 Å². The van der Waals surface area contributed by atoms with E-state index in [4.69, 9.17) is 4.74 Å². The minimum atomic E-state index is -0.514. The molecule has 1 unspecified atom stereocenters. The number of hydrogen-bond acceptors (Lipinski definition) is 3. The number of aliphatic imine (C=N–C) groups is 1. The maximum atomic E-state index is 10.3. The van der Waals surface area contributed by atoms with E-state index in [1.807, 2.05) is 6.92 Å². The average molecular weight is 179 g/mol. The molecule has 2 rings (SSSR count). The zero-order valence-corrected chi connectivity index (χ0v) is 7.69. The minimum Gasteiger partial charge on any atom is -0.353 e. The van der Waals surface area contributed by atoms with Crippen molar-refractivity contribution in [2.45, 2.75) is 25.5 Å². The van der Waals surface area contributed by atoms with Gasteiger partial charge in [0, 0.05) is 18.4 Å². The van der Waals surface area contributed by atoms with Crippen LogP contribution in [0, 0.1) is 11.8 Å². The summed E-state index contributed by atoms with van der Waals surface area (Å²) in [5.74, 6) is 0.831. The van der Waals surface area contributed by atoms with E-state index in [9.17, 15) is 4.79 Å². The molecule has 0 bridgehead atoms. The maximum absolute atomic E-state index is 10.3. The number of carbonyl (C=O) groups excluding carboxylic acids is 1. The Labute approximate surface area is 77.5 Å². The van der Waals surface area contributed by atoms with Crippen LogP contribution in [-0.4, -0.2) is 18.4 Å². The Hall–Kier alpha value is -0.920. The van der Waals surface area contributed by atoms with E-state index in [0.717, 1.165) is 12.8 Å². The van der Waals surface area contributed by atoms with Gasteiger partial charge in [-0.05, 0) is 19.8 Å². The first kappa shape index (κ1) is 8.67. The highest BCUT2D eigenvalue weighted by Crippen LogP contribution is 2.59. The van der Waals surface area contributed by atoms with Gasteiger partial charge in [-0.1, -0.05) is 12.2 Å². The van der Waals surface area contributed by atoms with Gasteiger partial charge in [-0.2, -0.15) is 4.99 Å². The van der Waals surface area contributed by atoms with E-state index in [-0.39, 0.29) is 0 Å². The first-order chi connectivity index (χ1) is 6.35. The largest absolute Gasteiger partial charge is 0.353 e. The summed E-state index contributed by atoms with van der Waals surface area (Å²) in [5, 5.41) is 0. The third-order valence-electron chi connectivity index (χ3n) is 2.98. The number of ether oxygens (including phenoxy) is 1. The monoisotopic (exact) mass is 179 g/mol. The Bertz CT molecular complexity index is 265. The van der Waals surface area contributed by atoms with Gasteiger partial charge < -0.3 is 4.74 Å². The van der Waals surface area contributed by atoms with E-state index in [2.05, 4.69) is 17.1 Å². The van der Waals surface area contributed by atoms with Gasteiger partial charge >= 0.3 is 0 Å². The van der Waals surface area contributed by atoms with Crippen molar-refractivity contribution in [3.8, 4) is 0 Å². The molecule has 0 N–H and O–H groups in total. The summed E-state index contributed by atoms with van der Waals surface area (Å²) in [6.45, 7) is 2.54. The Balaban J connectivity index is 2.15. The smallest absolute Gasteiger partial charge is 0.237 e. The summed E-state index contributed by atoms with van der Waals surface area (Å²) in [4.78, 5) is 14.1. The zero-order valence-electron chi connectivity index (χ0n) is 7.69. The van der Waals surface area contributed by atoms with Crippen LogP contribution < -0.4 is 0 Å². The number of allylic oxidation sites excluding steroid dienone is 2. The van der Waals surface area contributed by atoms with Crippen molar-refractivity contribution in [2.24, 2.45) is 16.8 Å². The molecule has 2 aliphatic rings. The molecule has 2 aliphatic carbocycles. The van der Waals surface area contributed by atoms with Crippen LogP contribution in [0.4, 0.5) is 0 Å². The van der Waals surface area contributed by atoms with Gasteiger partial charge in [-0.25, -0.2) is 4.79 Å². The molecule has 0 saturated heterocycles. The van der Waals surface area contributed by atoms with Gasteiger partial charge in [0.15, 0.2) is 5.72 Å². The van der Waals surface area contributed by atoms with E-state index in [1.54, 1.807) is 6.08 Å². The molecule has 0 aliphatic heterocycles. The van der Waals surface area contributed by atoms with Crippen LogP contribution in [0.3, 0.4) is 0 Å². The van der Waals surface area contributed by atoms with E-state index >= 15 is 0 Å². The van der Waals surface area contributed by atoms with Crippen molar-refractivity contribution in [1.29, 1.82) is 0 Å². The molecule has 3 heteroatoms. The van der Waals surface area contributed by atoms with Crippen LogP contribution in [0.15, 0.2) is 17.1 Å². The van der Waals surface area contributed by atoms with Crippen molar-refractivity contribution >= 4 is 6.08 Å². The summed E-state index contributed by atoms with van der Waals surface area (Å²) in [7, 11) is 0. The maximum Gasteiger partial charge on any atom is 0.237 e. The molecule has 13 heavy (non-hydrogen) atoms. The Morgan fingerprint density at radius 3 is 2.62 bits per heavy atom. The second-order valence-electron chi connectivity index (χ2n) is 3.54. The number of isocyanates is 1. The second kappa shape index (κ2) is 3.09. The first-order valence-corrected chi connectivity index (χ1v) is 4.73. The summed E-state index contributed by atoms with van der Waals surface area (Å²) >= 11 is 0. The number of rotatable bonds is 3. The predicted molar refractivity (Wildman–Crippen MR) is 47.8 cm³/mol. The topological polar surface area (TPSA) is 38.7 Å². The van der Waals surface area contributed by atoms with Gasteiger partial charge in [0.1, 0.15) is 0 Å². The zero-order chi connectivity index (χ0) is 9.31. The van der Waals surface area contributed by atoms with Crippen LogP contribution in [-0.2, 0) is 9.53 Å². The summed E-state index contributed by atoms with van der Waals surface area (Å²) in [5.41, 5.74) is -0.514. The number of fused-ring (bicyclic) bond motifs is 1. The van der Waals surface area contributed by atoms with Gasteiger partial charge in [0.25, 0.3) is 0 Å². The van der Waals surface area contributed by atoms with Gasteiger partial charge in [0.05, 0.1) is 0 Å². The third kappa shape index (κ3) is 1.16. The Morgan fingerprint density at radius 1 is 1.54 bits per heavy atom. The van der Waals surface area contributed by atoms with Crippen molar-refractivity contribution in [1.82, 2.24) is 0 Å². The van der Waals surface area contributed by atoms with Gasteiger partial charge in [-0.3, -0.25) is 0 Å². The van der Waals surface area contributed by atoms with Crippen LogP contribution >= 0.6 is 0 Å². The molecule has 0 spiro atoms.